The van der Waals surface area contributed by atoms with Crippen LogP contribution in [0.4, 0.5) is 0 Å². The highest BCUT2D eigenvalue weighted by Crippen LogP contribution is 2.38. The summed E-state index contributed by atoms with van der Waals surface area (Å²) in [4.78, 5) is 12.0. The predicted octanol–water partition coefficient (Wildman–Crippen LogP) is 2.37. The maximum atomic E-state index is 12.0. The molecule has 1 N–H and O–H groups in total. The van der Waals surface area contributed by atoms with Crippen molar-refractivity contribution in [1.82, 2.24) is 15.1 Å². The number of ether oxygens (including phenoxy) is 1. The third kappa shape index (κ3) is 2.74. The molecule has 1 aliphatic carbocycles. The fraction of sp³-hybridized carbons (Fsp3) is 0.529. The molecule has 0 amide bonds. The summed E-state index contributed by atoms with van der Waals surface area (Å²) in [5.41, 5.74) is 4.04. The summed E-state index contributed by atoms with van der Waals surface area (Å²) in [6.45, 7) is 7.13. The van der Waals surface area contributed by atoms with Crippen molar-refractivity contribution >= 4 is 18.4 Å². The largest absolute Gasteiger partial charge is 0.460 e. The van der Waals surface area contributed by atoms with E-state index in [1.165, 1.54) is 5.56 Å². The molecule has 2 aromatic heterocycles. The quantitative estimate of drug-likeness (QED) is 0.856. The summed E-state index contributed by atoms with van der Waals surface area (Å²) in [6.07, 6.45) is 3.85. The van der Waals surface area contributed by atoms with Crippen molar-refractivity contribution in [3.63, 3.8) is 0 Å². The van der Waals surface area contributed by atoms with Crippen LogP contribution in [0.5, 0.6) is 0 Å². The molecule has 4 rings (SSSR count). The van der Waals surface area contributed by atoms with Gasteiger partial charge in [0.1, 0.15) is 5.76 Å². The molecule has 1 fully saturated rings. The van der Waals surface area contributed by atoms with Gasteiger partial charge in [-0.25, -0.2) is 4.79 Å². The molecule has 1 aliphatic heterocycles. The molecule has 6 nitrogen and oxygen atoms in total. The zero-order chi connectivity index (χ0) is 16.0. The Balaban J connectivity index is 0.00000169. The highest BCUT2D eigenvalue weighted by atomic mass is 35.5. The molecule has 0 spiro atoms. The number of carbonyl (C=O) groups excluding carboxylic acids is 1. The van der Waals surface area contributed by atoms with Crippen LogP contribution in [0.1, 0.15) is 34.4 Å². The Morgan fingerprint density at radius 2 is 2.25 bits per heavy atom. The van der Waals surface area contributed by atoms with Gasteiger partial charge in [-0.05, 0) is 25.8 Å². The molecule has 7 heteroatoms. The summed E-state index contributed by atoms with van der Waals surface area (Å²) in [6, 6.07) is 0. The van der Waals surface area contributed by atoms with Crippen molar-refractivity contribution in [2.24, 2.45) is 5.92 Å². The molecule has 0 bridgehead atoms. The maximum Gasteiger partial charge on any atom is 0.374 e. The molecule has 0 atom stereocenters. The SMILES string of the molecule is CCOC(=O)c1oc2c(c1C)-c1nn(CC3CNC3)cc1CC2.Cl. The number of furan rings is 1. The van der Waals surface area contributed by atoms with E-state index in [9.17, 15) is 4.79 Å². The average molecular weight is 352 g/mol. The lowest BCUT2D eigenvalue weighted by molar-refractivity contribution is 0.0487. The first-order valence-corrected chi connectivity index (χ1v) is 8.24. The van der Waals surface area contributed by atoms with Gasteiger partial charge in [0.25, 0.3) is 0 Å². The highest BCUT2D eigenvalue weighted by molar-refractivity contribution is 5.91. The lowest BCUT2D eigenvalue weighted by Gasteiger charge is -2.26. The number of fused-ring (bicyclic) bond motifs is 3. The van der Waals surface area contributed by atoms with Crippen molar-refractivity contribution in [2.75, 3.05) is 19.7 Å². The zero-order valence-corrected chi connectivity index (χ0v) is 14.7. The van der Waals surface area contributed by atoms with E-state index < -0.39 is 0 Å². The number of aryl methyl sites for hydroxylation is 2. The summed E-state index contributed by atoms with van der Waals surface area (Å²) < 4.78 is 12.9. The second-order valence-electron chi connectivity index (χ2n) is 6.32. The molecular weight excluding hydrogens is 330 g/mol. The number of hydrogen-bond donors (Lipinski definition) is 1. The Morgan fingerprint density at radius 1 is 1.46 bits per heavy atom. The van der Waals surface area contributed by atoms with Crippen LogP contribution in [0.15, 0.2) is 10.6 Å². The Bertz CT molecular complexity index is 761. The lowest BCUT2D eigenvalue weighted by Crippen LogP contribution is -2.44. The van der Waals surface area contributed by atoms with Crippen molar-refractivity contribution in [3.8, 4) is 11.3 Å². The van der Waals surface area contributed by atoms with Crippen molar-refractivity contribution < 1.29 is 13.9 Å². The van der Waals surface area contributed by atoms with Gasteiger partial charge in [-0.15, -0.1) is 12.4 Å². The fourth-order valence-corrected chi connectivity index (χ4v) is 3.39. The van der Waals surface area contributed by atoms with E-state index in [0.29, 0.717) is 18.3 Å². The molecule has 130 valence electrons. The molecule has 0 saturated carbocycles. The van der Waals surface area contributed by atoms with Crippen LogP contribution in [-0.4, -0.2) is 35.4 Å². The van der Waals surface area contributed by atoms with Crippen LogP contribution in [-0.2, 0) is 24.1 Å². The van der Waals surface area contributed by atoms with E-state index in [1.54, 1.807) is 6.92 Å². The maximum absolute atomic E-state index is 12.0. The minimum atomic E-state index is -0.388. The van der Waals surface area contributed by atoms with Gasteiger partial charge in [0, 0.05) is 49.3 Å². The van der Waals surface area contributed by atoms with Gasteiger partial charge in [0.15, 0.2) is 0 Å². The normalized spacial score (nSPS) is 15.9. The average Bonchev–Trinajstić information content (AvgIpc) is 3.04. The van der Waals surface area contributed by atoms with Crippen molar-refractivity contribution in [2.45, 2.75) is 33.2 Å². The summed E-state index contributed by atoms with van der Waals surface area (Å²) in [5, 5.41) is 8.06. The van der Waals surface area contributed by atoms with Gasteiger partial charge < -0.3 is 14.5 Å². The number of hydrogen-bond acceptors (Lipinski definition) is 5. The molecule has 0 radical (unpaired) electrons. The first kappa shape index (κ1) is 17.0. The first-order valence-electron chi connectivity index (χ1n) is 8.24. The van der Waals surface area contributed by atoms with E-state index >= 15 is 0 Å². The summed E-state index contributed by atoms with van der Waals surface area (Å²) >= 11 is 0. The smallest absolute Gasteiger partial charge is 0.374 e. The molecular formula is C17H22ClN3O3. The van der Waals surface area contributed by atoms with Crippen molar-refractivity contribution in [1.29, 1.82) is 0 Å². The first-order chi connectivity index (χ1) is 11.2. The summed E-state index contributed by atoms with van der Waals surface area (Å²) in [7, 11) is 0. The van der Waals surface area contributed by atoms with Crippen molar-refractivity contribution in [3.05, 3.63) is 28.8 Å². The minimum Gasteiger partial charge on any atom is -0.460 e. The topological polar surface area (TPSA) is 69.3 Å². The fourth-order valence-electron chi connectivity index (χ4n) is 3.39. The molecule has 1 saturated heterocycles. The van der Waals surface area contributed by atoms with E-state index in [1.807, 2.05) is 11.6 Å². The summed E-state index contributed by atoms with van der Waals surface area (Å²) in [5.74, 6) is 1.45. The minimum absolute atomic E-state index is 0. The Kier molecular flexibility index (Phi) is 4.69. The number of nitrogens with one attached hydrogen (secondary N) is 1. The molecule has 2 aromatic rings. The number of rotatable bonds is 4. The number of nitrogens with zero attached hydrogens (tertiary/aromatic N) is 2. The molecule has 0 unspecified atom stereocenters. The van der Waals surface area contributed by atoms with Crippen LogP contribution in [0.2, 0.25) is 0 Å². The van der Waals surface area contributed by atoms with E-state index in [0.717, 1.165) is 55.1 Å². The highest BCUT2D eigenvalue weighted by Gasteiger charge is 2.30. The number of aromatic nitrogens is 2. The van der Waals surface area contributed by atoms with E-state index in [2.05, 4.69) is 11.5 Å². The zero-order valence-electron chi connectivity index (χ0n) is 13.9. The van der Waals surface area contributed by atoms with Gasteiger partial charge in [0.2, 0.25) is 5.76 Å². The molecule has 2 aliphatic rings. The second kappa shape index (κ2) is 6.61. The van der Waals surface area contributed by atoms with Gasteiger partial charge in [-0.3, -0.25) is 4.68 Å². The van der Waals surface area contributed by atoms with Gasteiger partial charge in [-0.2, -0.15) is 5.10 Å². The Labute approximate surface area is 147 Å². The van der Waals surface area contributed by atoms with E-state index in [4.69, 9.17) is 14.3 Å². The predicted molar refractivity (Wildman–Crippen MR) is 91.6 cm³/mol. The van der Waals surface area contributed by atoms with Gasteiger partial charge in [0.05, 0.1) is 12.3 Å². The van der Waals surface area contributed by atoms with Gasteiger partial charge in [-0.1, -0.05) is 0 Å². The van der Waals surface area contributed by atoms with Crippen LogP contribution >= 0.6 is 12.4 Å². The molecule has 0 aromatic carbocycles. The standard InChI is InChI=1S/C17H21N3O3.ClH/c1-3-22-17(21)16-10(2)14-13(23-16)5-4-12-9-20(19-15(12)14)8-11-6-18-7-11;/h9,11,18H,3-8H2,1-2H3;1H. The van der Waals surface area contributed by atoms with Crippen LogP contribution in [0.3, 0.4) is 0 Å². The second-order valence-corrected chi connectivity index (χ2v) is 6.32. The third-order valence-electron chi connectivity index (χ3n) is 4.69. The van der Waals surface area contributed by atoms with Crippen LogP contribution in [0.25, 0.3) is 11.3 Å². The lowest BCUT2D eigenvalue weighted by atomic mass is 9.94. The Morgan fingerprint density at radius 3 is 2.92 bits per heavy atom. The number of halogens is 1. The monoisotopic (exact) mass is 351 g/mol. The molecule has 24 heavy (non-hydrogen) atoms. The number of esters is 1. The van der Waals surface area contributed by atoms with Crippen LogP contribution < -0.4 is 5.32 Å². The van der Waals surface area contributed by atoms with E-state index in [-0.39, 0.29) is 18.4 Å². The number of carbonyl (C=O) groups is 1. The third-order valence-corrected chi connectivity index (χ3v) is 4.69. The molecule has 3 heterocycles. The van der Waals surface area contributed by atoms with Crippen LogP contribution in [0, 0.1) is 12.8 Å². The van der Waals surface area contributed by atoms with Gasteiger partial charge >= 0.3 is 5.97 Å². The Hall–Kier alpha value is -1.79.